The van der Waals surface area contributed by atoms with Crippen molar-refractivity contribution in [2.24, 2.45) is 0 Å². The first-order valence-corrected chi connectivity index (χ1v) is 9.80. The highest BCUT2D eigenvalue weighted by molar-refractivity contribution is 5.67. The second-order valence-electron chi connectivity index (χ2n) is 6.99. The molecule has 1 aliphatic heterocycles. The zero-order valence-electron chi connectivity index (χ0n) is 17.1. The molecule has 0 N–H and O–H groups in total. The number of hydrogen-bond donors (Lipinski definition) is 0. The Bertz CT molecular complexity index is 809. The van der Waals surface area contributed by atoms with Crippen LogP contribution in [-0.2, 0) is 46.5 Å². The summed E-state index contributed by atoms with van der Waals surface area (Å²) in [6.07, 6.45) is -3.18. The number of carbonyl (C=O) groups is 2. The van der Waals surface area contributed by atoms with Gasteiger partial charge in [0, 0.05) is 13.8 Å². The van der Waals surface area contributed by atoms with E-state index in [-0.39, 0.29) is 13.2 Å². The summed E-state index contributed by atoms with van der Waals surface area (Å²) in [5, 5.41) is 0. The van der Waals surface area contributed by atoms with Crippen molar-refractivity contribution in [2.45, 2.75) is 51.7 Å². The second kappa shape index (κ2) is 10.9. The van der Waals surface area contributed by atoms with Gasteiger partial charge in [-0.25, -0.2) is 0 Å². The third-order valence-corrected chi connectivity index (χ3v) is 4.53. The number of rotatable bonds is 9. The molecule has 2 aromatic carbocycles. The predicted octanol–water partition coefficient (Wildman–Crippen LogP) is 3.01. The van der Waals surface area contributed by atoms with E-state index in [1.165, 1.54) is 13.8 Å². The van der Waals surface area contributed by atoms with Crippen LogP contribution < -0.4 is 0 Å². The minimum atomic E-state index is -1.06. The molecule has 3 rings (SSSR count). The molecule has 0 bridgehead atoms. The molecule has 7 nitrogen and oxygen atoms in total. The van der Waals surface area contributed by atoms with Gasteiger partial charge in [-0.2, -0.15) is 0 Å². The molecule has 2 aromatic rings. The fraction of sp³-hybridized carbons (Fsp3) is 0.391. The summed E-state index contributed by atoms with van der Waals surface area (Å²) < 4.78 is 28.3. The maximum Gasteiger partial charge on any atom is 0.305 e. The highest BCUT2D eigenvalue weighted by Gasteiger charge is 2.49. The maximum absolute atomic E-state index is 11.7. The van der Waals surface area contributed by atoms with Gasteiger partial charge in [-0.3, -0.25) is 9.59 Å². The lowest BCUT2D eigenvalue weighted by Crippen LogP contribution is -2.41. The SMILES string of the molecule is CC(=O)O[C@@H]1O[C@H](COCc2ccccc2)[C@@H](OCc2ccccc2)[C@H]1OC(C)=O. The summed E-state index contributed by atoms with van der Waals surface area (Å²) in [4.78, 5) is 23.2. The molecule has 30 heavy (non-hydrogen) atoms. The number of benzene rings is 2. The van der Waals surface area contributed by atoms with Gasteiger partial charge in [0.25, 0.3) is 0 Å². The Morgan fingerprint density at radius 3 is 1.93 bits per heavy atom. The summed E-state index contributed by atoms with van der Waals surface area (Å²) in [5.41, 5.74) is 1.98. The Balaban J connectivity index is 1.70. The average molecular weight is 414 g/mol. The van der Waals surface area contributed by atoms with Gasteiger partial charge in [-0.1, -0.05) is 60.7 Å². The molecule has 0 amide bonds. The molecular formula is C23H26O7. The molecule has 1 saturated heterocycles. The van der Waals surface area contributed by atoms with Crippen LogP contribution in [0.2, 0.25) is 0 Å². The van der Waals surface area contributed by atoms with E-state index in [2.05, 4.69) is 0 Å². The number of esters is 2. The molecule has 1 fully saturated rings. The number of hydrogen-bond acceptors (Lipinski definition) is 7. The van der Waals surface area contributed by atoms with Crippen molar-refractivity contribution in [3.63, 3.8) is 0 Å². The van der Waals surface area contributed by atoms with Gasteiger partial charge in [0.2, 0.25) is 6.29 Å². The normalized spacial score (nSPS) is 23.1. The summed E-state index contributed by atoms with van der Waals surface area (Å²) >= 11 is 0. The van der Waals surface area contributed by atoms with Crippen molar-refractivity contribution < 1.29 is 33.3 Å². The van der Waals surface area contributed by atoms with Gasteiger partial charge in [0.15, 0.2) is 6.10 Å². The summed E-state index contributed by atoms with van der Waals surface area (Å²) in [6.45, 7) is 3.42. The van der Waals surface area contributed by atoms with E-state index in [0.29, 0.717) is 6.61 Å². The van der Waals surface area contributed by atoms with E-state index in [1.807, 2.05) is 60.7 Å². The Labute approximate surface area is 175 Å². The van der Waals surface area contributed by atoms with Crippen LogP contribution in [0.25, 0.3) is 0 Å². The van der Waals surface area contributed by atoms with Crippen molar-refractivity contribution in [3.8, 4) is 0 Å². The topological polar surface area (TPSA) is 80.3 Å². The quantitative estimate of drug-likeness (QED) is 0.584. The number of carbonyl (C=O) groups excluding carboxylic acids is 2. The summed E-state index contributed by atoms with van der Waals surface area (Å²) in [6, 6.07) is 19.3. The lowest BCUT2D eigenvalue weighted by molar-refractivity contribution is -0.197. The third-order valence-electron chi connectivity index (χ3n) is 4.53. The Morgan fingerprint density at radius 1 is 0.800 bits per heavy atom. The van der Waals surface area contributed by atoms with Crippen LogP contribution in [0.4, 0.5) is 0 Å². The highest BCUT2D eigenvalue weighted by Crippen LogP contribution is 2.29. The third kappa shape index (κ3) is 6.38. The van der Waals surface area contributed by atoms with Gasteiger partial charge < -0.3 is 23.7 Å². The van der Waals surface area contributed by atoms with Gasteiger partial charge in [0.05, 0.1) is 19.8 Å². The first-order chi connectivity index (χ1) is 14.5. The standard InChI is InChI=1S/C23H26O7/c1-16(24)28-22-21(27-14-19-11-7-4-8-12-19)20(30-23(22)29-17(2)25)15-26-13-18-9-5-3-6-10-18/h3-12,20-23H,13-15H2,1-2H3/t20-,21-,22-,23-/m1/s1. The first kappa shape index (κ1) is 22.0. The van der Waals surface area contributed by atoms with Crippen molar-refractivity contribution >= 4 is 11.9 Å². The van der Waals surface area contributed by atoms with Crippen molar-refractivity contribution in [1.29, 1.82) is 0 Å². The Morgan fingerprint density at radius 2 is 1.37 bits per heavy atom. The van der Waals surface area contributed by atoms with E-state index in [0.717, 1.165) is 11.1 Å². The van der Waals surface area contributed by atoms with Gasteiger partial charge in [-0.15, -0.1) is 0 Å². The largest absolute Gasteiger partial charge is 0.453 e. The molecule has 1 aliphatic rings. The minimum absolute atomic E-state index is 0.184. The fourth-order valence-electron chi connectivity index (χ4n) is 3.24. The summed E-state index contributed by atoms with van der Waals surface area (Å²) in [5.74, 6) is -1.05. The molecule has 0 unspecified atom stereocenters. The van der Waals surface area contributed by atoms with Crippen molar-refractivity contribution in [1.82, 2.24) is 0 Å². The van der Waals surface area contributed by atoms with E-state index >= 15 is 0 Å². The van der Waals surface area contributed by atoms with Crippen LogP contribution in [0.5, 0.6) is 0 Å². The lowest BCUT2D eigenvalue weighted by Gasteiger charge is -2.23. The zero-order chi connectivity index (χ0) is 21.3. The monoisotopic (exact) mass is 414 g/mol. The molecule has 7 heteroatoms. The molecule has 4 atom stereocenters. The molecule has 1 heterocycles. The molecule has 0 radical (unpaired) electrons. The van der Waals surface area contributed by atoms with E-state index in [9.17, 15) is 9.59 Å². The summed E-state index contributed by atoms with van der Waals surface area (Å²) in [7, 11) is 0. The lowest BCUT2D eigenvalue weighted by atomic mass is 10.1. The maximum atomic E-state index is 11.7. The van der Waals surface area contributed by atoms with Crippen LogP contribution in [0, 0.1) is 0 Å². The molecular weight excluding hydrogens is 388 g/mol. The first-order valence-electron chi connectivity index (χ1n) is 9.80. The van der Waals surface area contributed by atoms with E-state index in [4.69, 9.17) is 23.7 Å². The van der Waals surface area contributed by atoms with Crippen LogP contribution in [-0.4, -0.2) is 43.1 Å². The van der Waals surface area contributed by atoms with Gasteiger partial charge >= 0.3 is 11.9 Å². The molecule has 0 saturated carbocycles. The smallest absolute Gasteiger partial charge is 0.305 e. The fourth-order valence-corrected chi connectivity index (χ4v) is 3.24. The minimum Gasteiger partial charge on any atom is -0.453 e. The molecule has 0 aromatic heterocycles. The van der Waals surface area contributed by atoms with Crippen LogP contribution in [0.15, 0.2) is 60.7 Å². The van der Waals surface area contributed by atoms with Gasteiger partial charge in [0.1, 0.15) is 12.2 Å². The zero-order valence-corrected chi connectivity index (χ0v) is 17.1. The Hall–Kier alpha value is -2.74. The van der Waals surface area contributed by atoms with Crippen LogP contribution in [0.1, 0.15) is 25.0 Å². The van der Waals surface area contributed by atoms with Crippen LogP contribution >= 0.6 is 0 Å². The average Bonchev–Trinajstić information content (AvgIpc) is 3.03. The predicted molar refractivity (Wildman–Crippen MR) is 107 cm³/mol. The molecule has 0 aliphatic carbocycles. The van der Waals surface area contributed by atoms with E-state index < -0.39 is 36.5 Å². The van der Waals surface area contributed by atoms with E-state index in [1.54, 1.807) is 0 Å². The van der Waals surface area contributed by atoms with Gasteiger partial charge in [-0.05, 0) is 11.1 Å². The molecule has 160 valence electrons. The van der Waals surface area contributed by atoms with Crippen LogP contribution in [0.3, 0.4) is 0 Å². The highest BCUT2D eigenvalue weighted by atomic mass is 16.7. The second-order valence-corrected chi connectivity index (χ2v) is 6.99. The molecule has 0 spiro atoms. The van der Waals surface area contributed by atoms with Crippen molar-refractivity contribution in [3.05, 3.63) is 71.8 Å². The number of ether oxygens (including phenoxy) is 5. The Kier molecular flexibility index (Phi) is 7.96. The van der Waals surface area contributed by atoms with Crippen molar-refractivity contribution in [2.75, 3.05) is 6.61 Å².